The number of aliphatic hydroxyl groups is 1. The minimum atomic E-state index is -0.502. The van der Waals surface area contributed by atoms with E-state index in [1.54, 1.807) is 0 Å². The predicted molar refractivity (Wildman–Crippen MR) is 89.8 cm³/mol. The minimum Gasteiger partial charge on any atom is -0.390 e. The van der Waals surface area contributed by atoms with Gasteiger partial charge in [0.25, 0.3) is 0 Å². The van der Waals surface area contributed by atoms with E-state index in [-0.39, 0.29) is 10.8 Å². The monoisotopic (exact) mass is 314 g/mol. The van der Waals surface area contributed by atoms with Crippen LogP contribution >= 0.6 is 0 Å². The SMILES string of the molecule is CC12CCC(=O)C=C1C1(CC1)C1C2CCC2(C)C1CCC2(C)O. The summed E-state index contributed by atoms with van der Waals surface area (Å²) in [5, 5.41) is 11.1. The average Bonchev–Trinajstić information content (AvgIpc) is 3.20. The van der Waals surface area contributed by atoms with Crippen molar-refractivity contribution in [3.8, 4) is 0 Å². The van der Waals surface area contributed by atoms with Gasteiger partial charge in [-0.1, -0.05) is 19.4 Å². The van der Waals surface area contributed by atoms with Gasteiger partial charge in [-0.15, -0.1) is 0 Å². The van der Waals surface area contributed by atoms with Gasteiger partial charge in [0.1, 0.15) is 0 Å². The highest BCUT2D eigenvalue weighted by molar-refractivity contribution is 5.92. The highest BCUT2D eigenvalue weighted by Gasteiger charge is 2.74. The van der Waals surface area contributed by atoms with Crippen LogP contribution in [0.3, 0.4) is 0 Å². The summed E-state index contributed by atoms with van der Waals surface area (Å²) in [4.78, 5) is 12.1. The third kappa shape index (κ3) is 1.49. The van der Waals surface area contributed by atoms with Gasteiger partial charge in [0.2, 0.25) is 0 Å². The molecule has 2 heteroatoms. The summed E-state index contributed by atoms with van der Waals surface area (Å²) in [6.07, 6.45) is 11.0. The number of carbonyl (C=O) groups excluding carboxylic acids is 1. The van der Waals surface area contributed by atoms with E-state index in [1.807, 2.05) is 0 Å². The topological polar surface area (TPSA) is 37.3 Å². The van der Waals surface area contributed by atoms with E-state index in [0.717, 1.165) is 31.1 Å². The molecule has 0 heterocycles. The lowest BCUT2D eigenvalue weighted by Gasteiger charge is -2.52. The number of fused-ring (bicyclic) bond motifs is 7. The van der Waals surface area contributed by atoms with E-state index in [0.29, 0.717) is 17.1 Å². The van der Waals surface area contributed by atoms with Crippen LogP contribution in [0.15, 0.2) is 11.6 Å². The molecule has 126 valence electrons. The smallest absolute Gasteiger partial charge is 0.155 e. The van der Waals surface area contributed by atoms with Crippen LogP contribution in [-0.2, 0) is 4.79 Å². The van der Waals surface area contributed by atoms with Crippen molar-refractivity contribution in [3.05, 3.63) is 11.6 Å². The molecule has 0 aliphatic heterocycles. The second-order valence-corrected chi connectivity index (χ2v) is 10.1. The fraction of sp³-hybridized carbons (Fsp3) is 0.857. The lowest BCUT2D eigenvalue weighted by atomic mass is 9.54. The molecule has 23 heavy (non-hydrogen) atoms. The van der Waals surface area contributed by atoms with Crippen molar-refractivity contribution in [2.24, 2.45) is 34.0 Å². The first-order chi connectivity index (χ1) is 10.7. The highest BCUT2D eigenvalue weighted by Crippen LogP contribution is 2.80. The summed E-state index contributed by atoms with van der Waals surface area (Å²) in [6.45, 7) is 6.91. The van der Waals surface area contributed by atoms with Crippen molar-refractivity contribution in [2.45, 2.75) is 77.7 Å². The molecule has 5 rings (SSSR count). The highest BCUT2D eigenvalue weighted by atomic mass is 16.3. The fourth-order valence-electron chi connectivity index (χ4n) is 7.80. The summed E-state index contributed by atoms with van der Waals surface area (Å²) in [5.74, 6) is 2.48. The van der Waals surface area contributed by atoms with Crippen LogP contribution in [0.5, 0.6) is 0 Å². The molecule has 1 N–H and O–H groups in total. The molecule has 0 aromatic heterocycles. The summed E-state index contributed by atoms with van der Waals surface area (Å²) in [7, 11) is 0. The first-order valence-corrected chi connectivity index (χ1v) is 9.73. The Bertz CT molecular complexity index is 626. The Hall–Kier alpha value is -0.630. The first-order valence-electron chi connectivity index (χ1n) is 9.73. The van der Waals surface area contributed by atoms with E-state index in [1.165, 1.54) is 37.7 Å². The zero-order chi connectivity index (χ0) is 16.3. The Kier molecular flexibility index (Phi) is 2.52. The average molecular weight is 314 g/mol. The maximum absolute atomic E-state index is 12.1. The van der Waals surface area contributed by atoms with Crippen LogP contribution in [0.2, 0.25) is 0 Å². The van der Waals surface area contributed by atoms with Crippen LogP contribution in [0.1, 0.15) is 72.1 Å². The van der Waals surface area contributed by atoms with Gasteiger partial charge < -0.3 is 5.11 Å². The Balaban J connectivity index is 1.65. The van der Waals surface area contributed by atoms with Gasteiger partial charge in [0.15, 0.2) is 5.78 Å². The van der Waals surface area contributed by atoms with Gasteiger partial charge in [-0.25, -0.2) is 0 Å². The maximum atomic E-state index is 12.1. The van der Waals surface area contributed by atoms with E-state index < -0.39 is 5.60 Å². The molecular weight excluding hydrogens is 284 g/mol. The molecule has 1 spiro atoms. The molecule has 5 aliphatic carbocycles. The normalized spacial score (nSPS) is 56.1. The van der Waals surface area contributed by atoms with Crippen molar-refractivity contribution in [1.82, 2.24) is 0 Å². The quantitative estimate of drug-likeness (QED) is 0.725. The minimum absolute atomic E-state index is 0.0815. The second kappa shape index (κ2) is 3.95. The molecule has 0 aromatic rings. The molecule has 0 saturated heterocycles. The third-order valence-corrected chi connectivity index (χ3v) is 9.43. The van der Waals surface area contributed by atoms with Gasteiger partial charge in [0, 0.05) is 6.42 Å². The number of rotatable bonds is 0. The number of allylic oxidation sites excluding steroid dienone is 2. The largest absolute Gasteiger partial charge is 0.390 e. The molecule has 2 nitrogen and oxygen atoms in total. The second-order valence-electron chi connectivity index (χ2n) is 10.1. The number of hydrogen-bond acceptors (Lipinski definition) is 2. The first kappa shape index (κ1) is 14.7. The van der Waals surface area contributed by atoms with Gasteiger partial charge in [-0.2, -0.15) is 0 Å². The molecular formula is C21H30O2. The molecule has 4 fully saturated rings. The summed E-state index contributed by atoms with van der Waals surface area (Å²) in [5.41, 5.74) is 1.72. The van der Waals surface area contributed by atoms with E-state index in [9.17, 15) is 9.90 Å². The van der Waals surface area contributed by atoms with Crippen LogP contribution in [-0.4, -0.2) is 16.5 Å². The summed E-state index contributed by atoms with van der Waals surface area (Å²) >= 11 is 0. The number of carbonyl (C=O) groups is 1. The zero-order valence-corrected chi connectivity index (χ0v) is 14.8. The van der Waals surface area contributed by atoms with Gasteiger partial charge in [0.05, 0.1) is 5.60 Å². The Morgan fingerprint density at radius 2 is 1.70 bits per heavy atom. The van der Waals surface area contributed by atoms with Crippen LogP contribution < -0.4 is 0 Å². The number of ketones is 1. The maximum Gasteiger partial charge on any atom is 0.155 e. The molecule has 0 radical (unpaired) electrons. The molecule has 0 aromatic carbocycles. The molecule has 6 atom stereocenters. The standard InChI is InChI=1S/C21H30O2/c1-18-7-4-13(22)12-16(18)21(10-11-21)17-14(18)5-8-19(2)15(17)6-9-20(19,3)23/h12,14-15,17,23H,4-11H2,1-3H3. The van der Waals surface area contributed by atoms with Crippen LogP contribution in [0, 0.1) is 34.0 Å². The van der Waals surface area contributed by atoms with Crippen LogP contribution in [0.25, 0.3) is 0 Å². The molecule has 4 saturated carbocycles. The van der Waals surface area contributed by atoms with Crippen molar-refractivity contribution in [1.29, 1.82) is 0 Å². The van der Waals surface area contributed by atoms with Crippen molar-refractivity contribution < 1.29 is 9.90 Å². The lowest BCUT2D eigenvalue weighted by molar-refractivity contribution is -0.116. The summed E-state index contributed by atoms with van der Waals surface area (Å²) in [6, 6.07) is 0. The Morgan fingerprint density at radius 3 is 2.39 bits per heavy atom. The van der Waals surface area contributed by atoms with Crippen molar-refractivity contribution >= 4 is 5.78 Å². The predicted octanol–water partition coefficient (Wildman–Crippen LogP) is 4.27. The van der Waals surface area contributed by atoms with E-state index in [2.05, 4.69) is 26.8 Å². The van der Waals surface area contributed by atoms with E-state index in [4.69, 9.17) is 0 Å². The third-order valence-electron chi connectivity index (χ3n) is 9.43. The Morgan fingerprint density at radius 1 is 1.00 bits per heavy atom. The van der Waals surface area contributed by atoms with Crippen molar-refractivity contribution in [3.63, 3.8) is 0 Å². The van der Waals surface area contributed by atoms with Crippen molar-refractivity contribution in [2.75, 3.05) is 0 Å². The molecule has 6 unspecified atom stereocenters. The van der Waals surface area contributed by atoms with E-state index >= 15 is 0 Å². The molecule has 5 aliphatic rings. The molecule has 0 bridgehead atoms. The number of hydrogen-bond donors (Lipinski definition) is 1. The van der Waals surface area contributed by atoms with Crippen LogP contribution in [0.4, 0.5) is 0 Å². The Labute approximate surface area is 139 Å². The molecule has 0 amide bonds. The van der Waals surface area contributed by atoms with Gasteiger partial charge >= 0.3 is 0 Å². The van der Waals surface area contributed by atoms with Gasteiger partial charge in [-0.3, -0.25) is 4.79 Å². The fourth-order valence-corrected chi connectivity index (χ4v) is 7.80. The van der Waals surface area contributed by atoms with Gasteiger partial charge in [-0.05, 0) is 91.9 Å². The zero-order valence-electron chi connectivity index (χ0n) is 14.8. The summed E-state index contributed by atoms with van der Waals surface area (Å²) < 4.78 is 0. The lowest BCUT2D eigenvalue weighted by Crippen LogP contribution is -2.50.